The van der Waals surface area contributed by atoms with E-state index >= 15 is 0 Å². The van der Waals surface area contributed by atoms with Gasteiger partial charge in [0.1, 0.15) is 36.5 Å². The molecule has 0 radical (unpaired) electrons. The number of hydrogen-bond donors (Lipinski definition) is 1. The molecular weight excluding hydrogens is 671 g/mol. The summed E-state index contributed by atoms with van der Waals surface area (Å²) in [7, 11) is 0. The number of benzene rings is 1. The Bertz CT molecular complexity index is 1770. The number of ether oxygens (including phenoxy) is 4. The van der Waals surface area contributed by atoms with Gasteiger partial charge in [0, 0.05) is 36.1 Å². The van der Waals surface area contributed by atoms with E-state index in [2.05, 4.69) is 51.6 Å². The Labute approximate surface area is 291 Å². The summed E-state index contributed by atoms with van der Waals surface area (Å²) in [6.07, 6.45) is 7.69. The van der Waals surface area contributed by atoms with E-state index in [9.17, 15) is 18.4 Å². The lowest BCUT2D eigenvalue weighted by Crippen LogP contribution is -2.52. The quantitative estimate of drug-likeness (QED) is 0.191. The van der Waals surface area contributed by atoms with E-state index in [1.807, 2.05) is 11.6 Å². The summed E-state index contributed by atoms with van der Waals surface area (Å²) in [6.45, 7) is 2.81. The normalized spacial score (nSPS) is 22.7. The molecule has 15 nitrogen and oxygen atoms in total. The molecule has 2 saturated heterocycles. The topological polar surface area (TPSA) is 163 Å². The molecule has 3 aromatic heterocycles. The van der Waals surface area contributed by atoms with Crippen molar-refractivity contribution in [1.82, 2.24) is 44.9 Å². The first-order valence-electron chi connectivity index (χ1n) is 17.0. The van der Waals surface area contributed by atoms with E-state index in [1.165, 1.54) is 23.9 Å². The molecule has 270 valence electrons. The molecule has 3 atom stereocenters. The van der Waals surface area contributed by atoms with Gasteiger partial charge in [-0.2, -0.15) is 5.26 Å². The Morgan fingerprint density at radius 2 is 1.73 bits per heavy atom. The van der Waals surface area contributed by atoms with Crippen LogP contribution in [0.5, 0.6) is 11.6 Å². The summed E-state index contributed by atoms with van der Waals surface area (Å²) in [5.41, 5.74) is 2.19. The molecule has 18 heteroatoms. The van der Waals surface area contributed by atoms with Gasteiger partial charge in [-0.3, -0.25) is 14.3 Å². The first kappa shape index (κ1) is 34.6. The second kappa shape index (κ2) is 15.2. The highest BCUT2D eigenvalue weighted by Crippen LogP contribution is 2.39. The van der Waals surface area contributed by atoms with Crippen LogP contribution in [0.25, 0.3) is 11.1 Å². The standard InChI is InChI=1S/C33H38F3N11O4/c1-21(16-45-20-40-43-44-45)51-30-12-22(2-3-23(30)13-37)24-14-38-32(39-15-24)41-29-17-46(42-31(29)49-10-11-50-33(34,35)36)25-4-6-26(7-5-25)47-27-8-9-28(47)19-48-18-27/h2-3,12,14-15,17,20-21,25-28H,4-11,16,18-19H2,1H3,(H,38,39,41)/t21-,25-,26-,27-,28+/m0/s1. The van der Waals surface area contributed by atoms with Gasteiger partial charge in [-0.05, 0) is 73.6 Å². The smallest absolute Gasteiger partial charge is 0.487 e. The molecule has 1 aromatic carbocycles. The average Bonchev–Trinajstić information content (AvgIpc) is 3.84. The maximum Gasteiger partial charge on any atom is 0.522 e. The summed E-state index contributed by atoms with van der Waals surface area (Å²) >= 11 is 0. The number of rotatable bonds is 13. The van der Waals surface area contributed by atoms with Gasteiger partial charge in [0.25, 0.3) is 5.88 Å². The molecule has 7 rings (SSSR count). The van der Waals surface area contributed by atoms with Gasteiger partial charge in [0.2, 0.25) is 5.95 Å². The van der Waals surface area contributed by atoms with Crippen molar-refractivity contribution in [2.45, 2.75) is 88.6 Å². The predicted octanol–water partition coefficient (Wildman–Crippen LogP) is 4.67. The second-order valence-electron chi connectivity index (χ2n) is 13.0. The molecule has 1 N–H and O–H groups in total. The number of hydrogen-bond acceptors (Lipinski definition) is 13. The second-order valence-corrected chi connectivity index (χ2v) is 13.0. The molecule has 2 bridgehead atoms. The van der Waals surface area contributed by atoms with Crippen molar-refractivity contribution >= 4 is 11.6 Å². The van der Waals surface area contributed by atoms with E-state index < -0.39 is 13.0 Å². The van der Waals surface area contributed by atoms with Gasteiger partial charge in [-0.25, -0.2) is 14.6 Å². The van der Waals surface area contributed by atoms with Gasteiger partial charge < -0.3 is 19.5 Å². The number of anilines is 2. The molecule has 0 spiro atoms. The van der Waals surface area contributed by atoms with Crippen LogP contribution in [0.1, 0.15) is 57.1 Å². The molecular formula is C33H38F3N11O4. The van der Waals surface area contributed by atoms with E-state index in [-0.39, 0.29) is 30.6 Å². The minimum absolute atomic E-state index is 0.107. The van der Waals surface area contributed by atoms with Crippen molar-refractivity contribution in [1.29, 1.82) is 5.26 Å². The van der Waals surface area contributed by atoms with Crippen LogP contribution in [0.4, 0.5) is 24.8 Å². The van der Waals surface area contributed by atoms with Crippen LogP contribution in [0.15, 0.2) is 43.1 Å². The Hall–Kier alpha value is -4.86. The van der Waals surface area contributed by atoms with Crippen LogP contribution in [0, 0.1) is 11.3 Å². The molecule has 1 saturated carbocycles. The highest BCUT2D eigenvalue weighted by atomic mass is 19.4. The SMILES string of the molecule is C[C@@H](Cn1cnnn1)Oc1cc(-c2cnc(Nc3cn([C@H]4CC[C@H](N5[C@@H]6CC[C@H]5COC6)CC4)nc3OCCOC(F)(F)F)nc2)ccc1C#N. The van der Waals surface area contributed by atoms with Crippen molar-refractivity contribution in [3.63, 3.8) is 0 Å². The van der Waals surface area contributed by atoms with Gasteiger partial charge >= 0.3 is 6.36 Å². The average molecular weight is 710 g/mol. The van der Waals surface area contributed by atoms with Gasteiger partial charge in [-0.15, -0.1) is 23.4 Å². The van der Waals surface area contributed by atoms with Gasteiger partial charge in [0.15, 0.2) is 0 Å². The number of tetrazole rings is 1. The van der Waals surface area contributed by atoms with Crippen LogP contribution >= 0.6 is 0 Å². The highest BCUT2D eigenvalue weighted by Gasteiger charge is 2.42. The fourth-order valence-electron chi connectivity index (χ4n) is 7.26. The molecule has 0 unspecified atom stereocenters. The number of morpholine rings is 1. The highest BCUT2D eigenvalue weighted by molar-refractivity contribution is 5.67. The molecule has 3 fully saturated rings. The van der Waals surface area contributed by atoms with Crippen LogP contribution in [0.2, 0.25) is 0 Å². The van der Waals surface area contributed by atoms with Crippen LogP contribution < -0.4 is 14.8 Å². The number of aromatic nitrogens is 8. The molecule has 4 aromatic rings. The van der Waals surface area contributed by atoms with E-state index in [4.69, 9.17) is 14.2 Å². The Balaban J connectivity index is 1.03. The van der Waals surface area contributed by atoms with E-state index in [0.29, 0.717) is 47.2 Å². The molecule has 1 aliphatic carbocycles. The number of nitrogens with zero attached hydrogens (tertiary/aromatic N) is 10. The summed E-state index contributed by atoms with van der Waals surface area (Å²) in [4.78, 5) is 11.6. The number of nitriles is 1. The monoisotopic (exact) mass is 709 g/mol. The van der Waals surface area contributed by atoms with E-state index in [1.54, 1.807) is 36.8 Å². The molecule has 2 aliphatic heterocycles. The summed E-state index contributed by atoms with van der Waals surface area (Å²) in [6, 6.07) is 8.96. The summed E-state index contributed by atoms with van der Waals surface area (Å²) < 4.78 is 62.5. The van der Waals surface area contributed by atoms with Crippen LogP contribution in [-0.4, -0.2) is 102 Å². The minimum Gasteiger partial charge on any atom is -0.487 e. The predicted molar refractivity (Wildman–Crippen MR) is 174 cm³/mol. The Morgan fingerprint density at radius 1 is 1.00 bits per heavy atom. The minimum atomic E-state index is -4.76. The van der Waals surface area contributed by atoms with Crippen molar-refractivity contribution in [3.05, 3.63) is 48.7 Å². The first-order chi connectivity index (χ1) is 24.7. The fraction of sp³-hybridized carbons (Fsp3) is 0.545. The largest absolute Gasteiger partial charge is 0.522 e. The maximum atomic E-state index is 12.6. The first-order valence-corrected chi connectivity index (χ1v) is 17.0. The maximum absolute atomic E-state index is 12.6. The lowest BCUT2D eigenvalue weighted by Gasteiger charge is -2.43. The van der Waals surface area contributed by atoms with Crippen LogP contribution in [-0.2, 0) is 16.0 Å². The third kappa shape index (κ3) is 8.38. The molecule has 5 heterocycles. The lowest BCUT2D eigenvalue weighted by atomic mass is 9.89. The zero-order valence-electron chi connectivity index (χ0n) is 27.9. The van der Waals surface area contributed by atoms with E-state index in [0.717, 1.165) is 44.5 Å². The molecule has 3 aliphatic rings. The van der Waals surface area contributed by atoms with Crippen molar-refractivity contribution in [2.24, 2.45) is 0 Å². The number of nitrogens with one attached hydrogen (secondary N) is 1. The van der Waals surface area contributed by atoms with Crippen molar-refractivity contribution in [2.75, 3.05) is 31.7 Å². The zero-order valence-corrected chi connectivity index (χ0v) is 27.9. The number of halogens is 3. The Morgan fingerprint density at radius 3 is 2.41 bits per heavy atom. The van der Waals surface area contributed by atoms with Crippen molar-refractivity contribution in [3.8, 4) is 28.8 Å². The van der Waals surface area contributed by atoms with Gasteiger partial charge in [0.05, 0.1) is 44.2 Å². The Kier molecular flexibility index (Phi) is 10.3. The fourth-order valence-corrected chi connectivity index (χ4v) is 7.26. The molecule has 51 heavy (non-hydrogen) atoms. The molecule has 0 amide bonds. The number of fused-ring (bicyclic) bond motifs is 2. The van der Waals surface area contributed by atoms with Gasteiger partial charge in [-0.1, -0.05) is 6.07 Å². The summed E-state index contributed by atoms with van der Waals surface area (Å²) in [5.74, 6) is 0.765. The number of alkyl halides is 3. The zero-order chi connectivity index (χ0) is 35.4. The van der Waals surface area contributed by atoms with Crippen molar-refractivity contribution < 1.29 is 32.1 Å². The third-order valence-electron chi connectivity index (χ3n) is 9.54. The van der Waals surface area contributed by atoms with Crippen LogP contribution in [0.3, 0.4) is 0 Å². The third-order valence-corrected chi connectivity index (χ3v) is 9.54. The lowest BCUT2D eigenvalue weighted by molar-refractivity contribution is -0.325. The summed E-state index contributed by atoms with van der Waals surface area (Å²) in [5, 5.41) is 28.5.